The molecule has 1 unspecified atom stereocenters. The van der Waals surface area contributed by atoms with Gasteiger partial charge in [0.25, 0.3) is 0 Å². The highest BCUT2D eigenvalue weighted by Crippen LogP contribution is 2.23. The summed E-state index contributed by atoms with van der Waals surface area (Å²) in [5.74, 6) is 0.336. The smallest absolute Gasteiger partial charge is 0.233 e. The lowest BCUT2D eigenvalue weighted by Gasteiger charge is -2.18. The van der Waals surface area contributed by atoms with Gasteiger partial charge >= 0.3 is 0 Å². The van der Waals surface area contributed by atoms with E-state index < -0.39 is 10.0 Å². The van der Waals surface area contributed by atoms with Gasteiger partial charge < -0.3 is 4.90 Å². The fraction of sp³-hybridized carbons (Fsp3) is 0.300. The summed E-state index contributed by atoms with van der Waals surface area (Å²) in [4.78, 5) is 2.31. The normalized spacial score (nSPS) is 18.1. The Balaban J connectivity index is 1.52. The minimum absolute atomic E-state index is 0.336. The van der Waals surface area contributed by atoms with Crippen molar-refractivity contribution in [2.45, 2.75) is 13.3 Å². The quantitative estimate of drug-likeness (QED) is 0.863. The molecule has 0 aromatic heterocycles. The van der Waals surface area contributed by atoms with Gasteiger partial charge in [-0.05, 0) is 43.0 Å². The van der Waals surface area contributed by atoms with Gasteiger partial charge in [-0.1, -0.05) is 48.0 Å². The number of anilines is 1. The molecule has 1 fully saturated rings. The number of hydrogen-bond donors (Lipinski definition) is 1. The van der Waals surface area contributed by atoms with Crippen LogP contribution in [0.3, 0.4) is 0 Å². The van der Waals surface area contributed by atoms with Gasteiger partial charge in [0, 0.05) is 30.7 Å². The number of aryl methyl sites for hydroxylation is 1. The van der Waals surface area contributed by atoms with E-state index in [0.717, 1.165) is 30.6 Å². The highest BCUT2D eigenvalue weighted by Gasteiger charge is 2.23. The van der Waals surface area contributed by atoms with Gasteiger partial charge in [0.15, 0.2) is 0 Å². The molecule has 5 heteroatoms. The van der Waals surface area contributed by atoms with Gasteiger partial charge in [0.2, 0.25) is 10.0 Å². The molecule has 0 amide bonds. The molecule has 132 valence electrons. The molecule has 1 N–H and O–H groups in total. The van der Waals surface area contributed by atoms with Crippen molar-refractivity contribution >= 4 is 21.8 Å². The van der Waals surface area contributed by atoms with Crippen molar-refractivity contribution in [3.8, 4) is 0 Å². The van der Waals surface area contributed by atoms with Crippen LogP contribution in [0.4, 0.5) is 5.69 Å². The zero-order valence-corrected chi connectivity index (χ0v) is 15.2. The Morgan fingerprint density at radius 3 is 2.56 bits per heavy atom. The van der Waals surface area contributed by atoms with E-state index in [1.54, 1.807) is 6.08 Å². The number of sulfonamides is 1. The summed E-state index contributed by atoms with van der Waals surface area (Å²) in [5.41, 5.74) is 3.24. The van der Waals surface area contributed by atoms with Crippen LogP contribution in [0.15, 0.2) is 60.0 Å². The molecule has 2 aromatic rings. The van der Waals surface area contributed by atoms with Crippen molar-refractivity contribution in [1.29, 1.82) is 0 Å². The molecule has 3 rings (SSSR count). The van der Waals surface area contributed by atoms with E-state index in [1.165, 1.54) is 11.1 Å². The summed E-state index contributed by atoms with van der Waals surface area (Å²) in [7, 11) is -3.41. The van der Waals surface area contributed by atoms with Crippen LogP contribution in [0.2, 0.25) is 0 Å². The molecule has 1 aliphatic rings. The highest BCUT2D eigenvalue weighted by molar-refractivity contribution is 7.92. The molecule has 1 atom stereocenters. The fourth-order valence-electron chi connectivity index (χ4n) is 3.00. The van der Waals surface area contributed by atoms with E-state index >= 15 is 0 Å². The third-order valence-electron chi connectivity index (χ3n) is 4.50. The van der Waals surface area contributed by atoms with Crippen molar-refractivity contribution in [2.75, 3.05) is 24.5 Å². The van der Waals surface area contributed by atoms with Crippen molar-refractivity contribution in [2.24, 2.45) is 5.92 Å². The van der Waals surface area contributed by atoms with Crippen molar-refractivity contribution in [3.05, 3.63) is 71.1 Å². The summed E-state index contributed by atoms with van der Waals surface area (Å²) in [6.07, 6.45) is 2.63. The first-order valence-corrected chi connectivity index (χ1v) is 10.1. The SMILES string of the molecule is Cc1ccc(C=CS(=O)(=O)NCC2CCN(c3ccccc3)C2)cc1. The van der Waals surface area contributed by atoms with Crippen LogP contribution >= 0.6 is 0 Å². The molecule has 0 spiro atoms. The summed E-state index contributed by atoms with van der Waals surface area (Å²) in [6, 6.07) is 18.0. The molecule has 0 radical (unpaired) electrons. The van der Waals surface area contributed by atoms with Crippen LogP contribution < -0.4 is 9.62 Å². The first kappa shape index (κ1) is 17.7. The summed E-state index contributed by atoms with van der Waals surface area (Å²) < 4.78 is 27.0. The number of nitrogens with one attached hydrogen (secondary N) is 1. The molecule has 0 bridgehead atoms. The van der Waals surface area contributed by atoms with Gasteiger partial charge in [-0.2, -0.15) is 0 Å². The second kappa shape index (κ2) is 7.85. The average molecular weight is 356 g/mol. The lowest BCUT2D eigenvalue weighted by molar-refractivity contribution is 0.547. The Hall–Kier alpha value is -2.11. The first-order chi connectivity index (χ1) is 12.0. The summed E-state index contributed by atoms with van der Waals surface area (Å²) in [5, 5.41) is 1.25. The number of nitrogens with zero attached hydrogens (tertiary/aromatic N) is 1. The molecular weight excluding hydrogens is 332 g/mol. The highest BCUT2D eigenvalue weighted by atomic mass is 32.2. The van der Waals surface area contributed by atoms with Gasteiger partial charge in [-0.25, -0.2) is 13.1 Å². The monoisotopic (exact) mass is 356 g/mol. The van der Waals surface area contributed by atoms with Gasteiger partial charge in [0.1, 0.15) is 0 Å². The Bertz CT molecular complexity index is 815. The maximum Gasteiger partial charge on any atom is 0.233 e. The topological polar surface area (TPSA) is 49.4 Å². The first-order valence-electron chi connectivity index (χ1n) is 8.56. The van der Waals surface area contributed by atoms with Crippen LogP contribution in [0.5, 0.6) is 0 Å². The fourth-order valence-corrected chi connectivity index (χ4v) is 3.90. The van der Waals surface area contributed by atoms with E-state index in [4.69, 9.17) is 0 Å². The lowest BCUT2D eigenvalue weighted by Crippen LogP contribution is -2.29. The molecule has 1 aliphatic heterocycles. The predicted octanol–water partition coefficient (Wildman–Crippen LogP) is 3.41. The third kappa shape index (κ3) is 5.18. The molecule has 25 heavy (non-hydrogen) atoms. The van der Waals surface area contributed by atoms with E-state index in [9.17, 15) is 8.42 Å². The van der Waals surface area contributed by atoms with Crippen molar-refractivity contribution in [1.82, 2.24) is 4.72 Å². The second-order valence-electron chi connectivity index (χ2n) is 6.54. The second-order valence-corrected chi connectivity index (χ2v) is 8.19. The van der Waals surface area contributed by atoms with E-state index in [0.29, 0.717) is 12.5 Å². The van der Waals surface area contributed by atoms with E-state index in [-0.39, 0.29) is 0 Å². The molecule has 2 aromatic carbocycles. The predicted molar refractivity (Wildman–Crippen MR) is 104 cm³/mol. The zero-order valence-electron chi connectivity index (χ0n) is 14.4. The molecular formula is C20H24N2O2S. The number of rotatable bonds is 6. The minimum atomic E-state index is -3.41. The summed E-state index contributed by atoms with van der Waals surface area (Å²) in [6.45, 7) is 4.33. The molecule has 0 saturated carbocycles. The van der Waals surface area contributed by atoms with Gasteiger partial charge in [-0.3, -0.25) is 0 Å². The van der Waals surface area contributed by atoms with E-state index in [2.05, 4.69) is 21.8 Å². The zero-order chi connectivity index (χ0) is 17.7. The van der Waals surface area contributed by atoms with Gasteiger partial charge in [-0.15, -0.1) is 0 Å². The third-order valence-corrected chi connectivity index (χ3v) is 5.56. The Kier molecular flexibility index (Phi) is 5.56. The standard InChI is InChI=1S/C20H24N2O2S/c1-17-7-9-18(10-8-17)12-14-25(23,24)21-15-19-11-13-22(16-19)20-5-3-2-4-6-20/h2-10,12,14,19,21H,11,13,15-16H2,1H3. The maximum absolute atomic E-state index is 12.2. The van der Waals surface area contributed by atoms with Crippen LogP contribution in [0.1, 0.15) is 17.5 Å². The van der Waals surface area contributed by atoms with Crippen LogP contribution in [0.25, 0.3) is 6.08 Å². The number of hydrogen-bond acceptors (Lipinski definition) is 3. The number of para-hydroxylation sites is 1. The van der Waals surface area contributed by atoms with Crippen LogP contribution in [-0.2, 0) is 10.0 Å². The average Bonchev–Trinajstić information content (AvgIpc) is 3.10. The van der Waals surface area contributed by atoms with Crippen molar-refractivity contribution < 1.29 is 8.42 Å². The molecule has 1 heterocycles. The summed E-state index contributed by atoms with van der Waals surface area (Å²) >= 11 is 0. The van der Waals surface area contributed by atoms with Crippen molar-refractivity contribution in [3.63, 3.8) is 0 Å². The van der Waals surface area contributed by atoms with E-state index in [1.807, 2.05) is 49.4 Å². The molecule has 4 nitrogen and oxygen atoms in total. The van der Waals surface area contributed by atoms with Crippen LogP contribution in [-0.4, -0.2) is 28.1 Å². The number of benzene rings is 2. The molecule has 0 aliphatic carbocycles. The van der Waals surface area contributed by atoms with Gasteiger partial charge in [0.05, 0.1) is 0 Å². The molecule has 1 saturated heterocycles. The Morgan fingerprint density at radius 2 is 1.84 bits per heavy atom. The Morgan fingerprint density at radius 1 is 1.12 bits per heavy atom. The Labute approximate surface area is 150 Å². The largest absolute Gasteiger partial charge is 0.371 e. The van der Waals surface area contributed by atoms with Crippen LogP contribution in [0, 0.1) is 12.8 Å². The lowest BCUT2D eigenvalue weighted by atomic mass is 10.1. The minimum Gasteiger partial charge on any atom is -0.371 e. The maximum atomic E-state index is 12.2.